The Morgan fingerprint density at radius 3 is 2.42 bits per heavy atom. The van der Waals surface area contributed by atoms with Crippen molar-refractivity contribution in [1.29, 1.82) is 5.26 Å². The van der Waals surface area contributed by atoms with Crippen LogP contribution >= 0.6 is 0 Å². The van der Waals surface area contributed by atoms with Gasteiger partial charge in [-0.2, -0.15) is 5.26 Å². The Bertz CT molecular complexity index is 859. The van der Waals surface area contributed by atoms with E-state index in [-0.39, 0.29) is 6.17 Å². The average Bonchev–Trinajstić information content (AvgIpc) is 3.31. The van der Waals surface area contributed by atoms with Gasteiger partial charge in [0, 0.05) is 18.3 Å². The highest BCUT2D eigenvalue weighted by Gasteiger charge is 2.24. The molecule has 24 heavy (non-hydrogen) atoms. The Morgan fingerprint density at radius 2 is 1.67 bits per heavy atom. The van der Waals surface area contributed by atoms with Crippen molar-refractivity contribution in [1.82, 2.24) is 14.5 Å². The van der Waals surface area contributed by atoms with Crippen LogP contribution in [0.4, 0.5) is 0 Å². The van der Waals surface area contributed by atoms with Gasteiger partial charge in [0.15, 0.2) is 6.19 Å². The van der Waals surface area contributed by atoms with Crippen LogP contribution in [0.15, 0.2) is 67.1 Å². The van der Waals surface area contributed by atoms with Gasteiger partial charge < -0.3 is 4.57 Å². The van der Waals surface area contributed by atoms with Crippen molar-refractivity contribution in [3.05, 3.63) is 67.1 Å². The summed E-state index contributed by atoms with van der Waals surface area (Å²) >= 11 is 0. The fourth-order valence-corrected chi connectivity index (χ4v) is 3.29. The molecule has 0 amide bonds. The number of nitrogens with zero attached hydrogens (tertiary/aromatic N) is 4. The number of hydrogen-bond acceptors (Lipinski definition) is 3. The Labute approximate surface area is 141 Å². The molecule has 1 unspecified atom stereocenters. The predicted molar refractivity (Wildman–Crippen MR) is 93.7 cm³/mol. The molecule has 4 rings (SSSR count). The van der Waals surface area contributed by atoms with E-state index in [2.05, 4.69) is 52.1 Å². The number of likely N-dealkylation sites (tertiary alicyclic amines) is 1. The van der Waals surface area contributed by atoms with E-state index < -0.39 is 0 Å². The SMILES string of the molecule is N#CN1CCCC1n1cnc(-c2ccc(-c3ccccc3)cc2)c1. The second-order valence-electron chi connectivity index (χ2n) is 6.07. The van der Waals surface area contributed by atoms with Crippen LogP contribution in [-0.2, 0) is 0 Å². The molecule has 1 aliphatic rings. The maximum atomic E-state index is 9.20. The monoisotopic (exact) mass is 314 g/mol. The maximum absolute atomic E-state index is 9.20. The van der Waals surface area contributed by atoms with Gasteiger partial charge in [-0.1, -0.05) is 54.6 Å². The third-order valence-electron chi connectivity index (χ3n) is 4.58. The summed E-state index contributed by atoms with van der Waals surface area (Å²) in [5.41, 5.74) is 4.45. The maximum Gasteiger partial charge on any atom is 0.181 e. The van der Waals surface area contributed by atoms with Crippen LogP contribution in [0.2, 0.25) is 0 Å². The Hall–Kier alpha value is -3.06. The molecule has 1 atom stereocenters. The van der Waals surface area contributed by atoms with Crippen molar-refractivity contribution in [2.24, 2.45) is 0 Å². The summed E-state index contributed by atoms with van der Waals surface area (Å²) in [6, 6.07) is 18.8. The van der Waals surface area contributed by atoms with Gasteiger partial charge in [0.25, 0.3) is 0 Å². The van der Waals surface area contributed by atoms with E-state index in [9.17, 15) is 5.26 Å². The largest absolute Gasteiger partial charge is 0.315 e. The van der Waals surface area contributed by atoms with E-state index in [0.717, 1.165) is 30.6 Å². The van der Waals surface area contributed by atoms with Crippen molar-refractivity contribution in [3.8, 4) is 28.6 Å². The van der Waals surface area contributed by atoms with E-state index in [1.807, 2.05) is 35.6 Å². The molecule has 2 aromatic carbocycles. The van der Waals surface area contributed by atoms with Crippen LogP contribution in [0, 0.1) is 11.5 Å². The normalized spacial score (nSPS) is 17.0. The lowest BCUT2D eigenvalue weighted by atomic mass is 10.0. The second-order valence-corrected chi connectivity index (χ2v) is 6.07. The summed E-state index contributed by atoms with van der Waals surface area (Å²) in [6.07, 6.45) is 8.31. The lowest BCUT2D eigenvalue weighted by Crippen LogP contribution is -2.21. The van der Waals surface area contributed by atoms with Crippen molar-refractivity contribution >= 4 is 0 Å². The van der Waals surface area contributed by atoms with Gasteiger partial charge in [0.05, 0.1) is 12.0 Å². The number of nitriles is 1. The molecule has 0 spiro atoms. The van der Waals surface area contributed by atoms with Crippen molar-refractivity contribution in [3.63, 3.8) is 0 Å². The number of aromatic nitrogens is 2. The zero-order chi connectivity index (χ0) is 16.4. The molecule has 1 aromatic heterocycles. The Morgan fingerprint density at radius 1 is 0.958 bits per heavy atom. The molecule has 4 heteroatoms. The minimum absolute atomic E-state index is 0.111. The quantitative estimate of drug-likeness (QED) is 0.677. The van der Waals surface area contributed by atoms with Crippen LogP contribution in [0.1, 0.15) is 19.0 Å². The zero-order valence-electron chi connectivity index (χ0n) is 13.3. The first-order valence-electron chi connectivity index (χ1n) is 8.21. The summed E-state index contributed by atoms with van der Waals surface area (Å²) in [5.74, 6) is 0. The summed E-state index contributed by atoms with van der Waals surface area (Å²) in [4.78, 5) is 6.35. The molecule has 1 aliphatic heterocycles. The first-order valence-corrected chi connectivity index (χ1v) is 8.21. The number of rotatable bonds is 3. The second kappa shape index (κ2) is 6.21. The summed E-state index contributed by atoms with van der Waals surface area (Å²) in [7, 11) is 0. The number of imidazole rings is 1. The standard InChI is InChI=1S/C20H18N4/c21-14-23-12-4-7-20(23)24-13-19(22-15-24)18-10-8-17(9-11-18)16-5-2-1-3-6-16/h1-3,5-6,8-11,13,15,20H,4,7,12H2. The molecule has 0 bridgehead atoms. The Balaban J connectivity index is 1.58. The van der Waals surface area contributed by atoms with Gasteiger partial charge in [0.2, 0.25) is 0 Å². The molecule has 118 valence electrons. The predicted octanol–water partition coefficient (Wildman–Crippen LogP) is 4.29. The molecular weight excluding hydrogens is 296 g/mol. The van der Waals surface area contributed by atoms with Crippen LogP contribution < -0.4 is 0 Å². The molecule has 1 saturated heterocycles. The van der Waals surface area contributed by atoms with Gasteiger partial charge in [-0.15, -0.1) is 0 Å². The highest BCUT2D eigenvalue weighted by molar-refractivity contribution is 5.68. The average molecular weight is 314 g/mol. The van der Waals surface area contributed by atoms with Gasteiger partial charge in [0.1, 0.15) is 6.17 Å². The fourth-order valence-electron chi connectivity index (χ4n) is 3.29. The highest BCUT2D eigenvalue weighted by Crippen LogP contribution is 2.28. The zero-order valence-corrected chi connectivity index (χ0v) is 13.3. The molecule has 3 aromatic rings. The van der Waals surface area contributed by atoms with Crippen molar-refractivity contribution in [2.75, 3.05) is 6.54 Å². The lowest BCUT2D eigenvalue weighted by molar-refractivity contribution is 0.281. The summed E-state index contributed by atoms with van der Waals surface area (Å²) < 4.78 is 2.05. The van der Waals surface area contributed by atoms with E-state index in [0.29, 0.717) is 0 Å². The molecule has 2 heterocycles. The third kappa shape index (κ3) is 2.65. The van der Waals surface area contributed by atoms with E-state index in [1.165, 1.54) is 11.1 Å². The number of benzene rings is 2. The molecule has 4 nitrogen and oxygen atoms in total. The van der Waals surface area contributed by atoms with Gasteiger partial charge in [-0.05, 0) is 24.0 Å². The van der Waals surface area contributed by atoms with Crippen LogP contribution in [0.5, 0.6) is 0 Å². The van der Waals surface area contributed by atoms with E-state index in [4.69, 9.17) is 0 Å². The van der Waals surface area contributed by atoms with Crippen LogP contribution in [-0.4, -0.2) is 21.0 Å². The highest BCUT2D eigenvalue weighted by atomic mass is 15.3. The summed E-state index contributed by atoms with van der Waals surface area (Å²) in [6.45, 7) is 0.834. The first-order chi connectivity index (χ1) is 11.8. The van der Waals surface area contributed by atoms with Crippen LogP contribution in [0.25, 0.3) is 22.4 Å². The smallest absolute Gasteiger partial charge is 0.181 e. The van der Waals surface area contributed by atoms with E-state index in [1.54, 1.807) is 0 Å². The summed E-state index contributed by atoms with van der Waals surface area (Å²) in [5, 5.41) is 9.20. The van der Waals surface area contributed by atoms with Gasteiger partial charge >= 0.3 is 0 Å². The van der Waals surface area contributed by atoms with Crippen molar-refractivity contribution < 1.29 is 0 Å². The minimum atomic E-state index is 0.111. The van der Waals surface area contributed by atoms with Crippen LogP contribution in [0.3, 0.4) is 0 Å². The fraction of sp³-hybridized carbons (Fsp3) is 0.200. The number of hydrogen-bond donors (Lipinski definition) is 0. The van der Waals surface area contributed by atoms with Gasteiger partial charge in [-0.25, -0.2) is 4.98 Å². The first kappa shape index (κ1) is 14.5. The van der Waals surface area contributed by atoms with Crippen molar-refractivity contribution in [2.45, 2.75) is 19.0 Å². The molecule has 0 N–H and O–H groups in total. The molecular formula is C20H18N4. The third-order valence-corrected chi connectivity index (χ3v) is 4.58. The van der Waals surface area contributed by atoms with Gasteiger partial charge in [-0.3, -0.25) is 4.90 Å². The topological polar surface area (TPSA) is 44.9 Å². The Kier molecular flexibility index (Phi) is 3.76. The lowest BCUT2D eigenvalue weighted by Gasteiger charge is -2.19. The van der Waals surface area contributed by atoms with E-state index >= 15 is 0 Å². The molecule has 0 aliphatic carbocycles. The minimum Gasteiger partial charge on any atom is -0.315 e. The molecule has 1 fully saturated rings. The molecule has 0 radical (unpaired) electrons. The molecule has 0 saturated carbocycles.